The molecule has 2 unspecified atom stereocenters. The molecule has 0 fully saturated rings. The van der Waals surface area contributed by atoms with E-state index in [0.717, 1.165) is 24.0 Å². The molecule has 0 amide bonds. The lowest BCUT2D eigenvalue weighted by molar-refractivity contribution is -0.148. The SMILES string of the molecule is CC1(C)CCC(C(O)C(=O)O)c2ccccc21. The standard InChI is InChI=1S/C14H18O3/c1-14(2)8-7-10(12(15)13(16)17)9-5-3-4-6-11(9)14/h3-6,10,12,15H,7-8H2,1-2H3,(H,16,17). The summed E-state index contributed by atoms with van der Waals surface area (Å²) < 4.78 is 0. The Labute approximate surface area is 101 Å². The van der Waals surface area contributed by atoms with E-state index in [1.54, 1.807) is 0 Å². The third-order valence-corrected chi connectivity index (χ3v) is 3.80. The van der Waals surface area contributed by atoms with E-state index in [4.69, 9.17) is 5.11 Å². The third kappa shape index (κ3) is 2.07. The highest BCUT2D eigenvalue weighted by Crippen LogP contribution is 2.43. The minimum atomic E-state index is -1.30. The molecule has 17 heavy (non-hydrogen) atoms. The lowest BCUT2D eigenvalue weighted by atomic mass is 9.67. The number of hydrogen-bond donors (Lipinski definition) is 2. The van der Waals surface area contributed by atoms with Gasteiger partial charge in [-0.2, -0.15) is 0 Å². The molecule has 3 nitrogen and oxygen atoms in total. The van der Waals surface area contributed by atoms with Gasteiger partial charge in [0.05, 0.1) is 0 Å². The molecular weight excluding hydrogens is 216 g/mol. The fourth-order valence-corrected chi connectivity index (χ4v) is 2.74. The van der Waals surface area contributed by atoms with E-state index in [1.165, 1.54) is 0 Å². The summed E-state index contributed by atoms with van der Waals surface area (Å²) in [6.07, 6.45) is 0.323. The van der Waals surface area contributed by atoms with Crippen LogP contribution in [0.15, 0.2) is 24.3 Å². The molecule has 0 bridgehead atoms. The van der Waals surface area contributed by atoms with Crippen molar-refractivity contribution in [1.29, 1.82) is 0 Å². The van der Waals surface area contributed by atoms with E-state index in [0.29, 0.717) is 0 Å². The van der Waals surface area contributed by atoms with Crippen LogP contribution < -0.4 is 0 Å². The minimum absolute atomic E-state index is 0.0608. The molecule has 2 rings (SSSR count). The van der Waals surface area contributed by atoms with Gasteiger partial charge in [-0.25, -0.2) is 4.79 Å². The summed E-state index contributed by atoms with van der Waals surface area (Å²) in [5, 5.41) is 18.7. The summed E-state index contributed by atoms with van der Waals surface area (Å²) in [7, 11) is 0. The van der Waals surface area contributed by atoms with Gasteiger partial charge in [-0.3, -0.25) is 0 Å². The molecule has 92 valence electrons. The van der Waals surface area contributed by atoms with Crippen molar-refractivity contribution in [1.82, 2.24) is 0 Å². The maximum absolute atomic E-state index is 10.9. The molecule has 0 aromatic heterocycles. The van der Waals surface area contributed by atoms with E-state index in [1.807, 2.05) is 24.3 Å². The number of carbonyl (C=O) groups is 1. The Morgan fingerprint density at radius 2 is 2.06 bits per heavy atom. The zero-order valence-electron chi connectivity index (χ0n) is 10.2. The first-order chi connectivity index (χ1) is 7.93. The lowest BCUT2D eigenvalue weighted by Gasteiger charge is -2.37. The average Bonchev–Trinajstić information content (AvgIpc) is 2.28. The zero-order valence-corrected chi connectivity index (χ0v) is 10.2. The Morgan fingerprint density at radius 1 is 1.41 bits per heavy atom. The number of benzene rings is 1. The molecule has 1 aromatic rings. The lowest BCUT2D eigenvalue weighted by Crippen LogP contribution is -2.35. The van der Waals surface area contributed by atoms with Crippen LogP contribution in [0.4, 0.5) is 0 Å². The number of hydrogen-bond acceptors (Lipinski definition) is 2. The van der Waals surface area contributed by atoms with Gasteiger partial charge in [0.25, 0.3) is 0 Å². The van der Waals surface area contributed by atoms with Gasteiger partial charge in [0.15, 0.2) is 6.10 Å². The van der Waals surface area contributed by atoms with Crippen LogP contribution in [0.5, 0.6) is 0 Å². The first-order valence-corrected chi connectivity index (χ1v) is 5.94. The largest absolute Gasteiger partial charge is 0.479 e. The van der Waals surface area contributed by atoms with Crippen LogP contribution in [0.25, 0.3) is 0 Å². The van der Waals surface area contributed by atoms with E-state index in [9.17, 15) is 9.90 Å². The number of carboxylic acid groups (broad SMARTS) is 1. The van der Waals surface area contributed by atoms with Crippen molar-refractivity contribution < 1.29 is 15.0 Å². The summed E-state index contributed by atoms with van der Waals surface area (Å²) in [6.45, 7) is 4.32. The van der Waals surface area contributed by atoms with Gasteiger partial charge in [-0.05, 0) is 29.4 Å². The van der Waals surface area contributed by atoms with Crippen molar-refractivity contribution in [2.24, 2.45) is 0 Å². The number of aliphatic carboxylic acids is 1. The molecule has 0 spiro atoms. The fourth-order valence-electron chi connectivity index (χ4n) is 2.74. The highest BCUT2D eigenvalue weighted by Gasteiger charge is 2.37. The maximum atomic E-state index is 10.9. The van der Waals surface area contributed by atoms with Crippen LogP contribution in [-0.4, -0.2) is 22.3 Å². The van der Waals surface area contributed by atoms with E-state index >= 15 is 0 Å². The second-order valence-electron chi connectivity index (χ2n) is 5.40. The molecule has 1 aliphatic carbocycles. The summed E-state index contributed by atoms with van der Waals surface area (Å²) in [4.78, 5) is 10.9. The number of aliphatic hydroxyl groups is 1. The molecule has 0 saturated heterocycles. The van der Waals surface area contributed by atoms with Gasteiger partial charge >= 0.3 is 5.97 Å². The Morgan fingerprint density at radius 3 is 2.71 bits per heavy atom. The number of aliphatic hydroxyl groups excluding tert-OH is 1. The Hall–Kier alpha value is -1.35. The number of carboxylic acids is 1. The molecule has 1 aromatic carbocycles. The van der Waals surface area contributed by atoms with E-state index < -0.39 is 12.1 Å². The van der Waals surface area contributed by atoms with Crippen LogP contribution >= 0.6 is 0 Å². The van der Waals surface area contributed by atoms with Gasteiger partial charge < -0.3 is 10.2 Å². The second-order valence-corrected chi connectivity index (χ2v) is 5.40. The van der Waals surface area contributed by atoms with Crippen molar-refractivity contribution in [3.8, 4) is 0 Å². The summed E-state index contributed by atoms with van der Waals surface area (Å²) in [5.41, 5.74) is 2.21. The van der Waals surface area contributed by atoms with E-state index in [2.05, 4.69) is 13.8 Å². The first-order valence-electron chi connectivity index (χ1n) is 5.94. The summed E-state index contributed by atoms with van der Waals surface area (Å²) in [5.74, 6) is -1.42. The second kappa shape index (κ2) is 4.15. The Balaban J connectivity index is 2.45. The van der Waals surface area contributed by atoms with Crippen LogP contribution in [0.2, 0.25) is 0 Å². The fraction of sp³-hybridized carbons (Fsp3) is 0.500. The quantitative estimate of drug-likeness (QED) is 0.825. The van der Waals surface area contributed by atoms with Crippen LogP contribution in [0, 0.1) is 0 Å². The van der Waals surface area contributed by atoms with Gasteiger partial charge in [0.2, 0.25) is 0 Å². The van der Waals surface area contributed by atoms with Crippen molar-refractivity contribution in [3.63, 3.8) is 0 Å². The molecule has 0 heterocycles. The highest BCUT2D eigenvalue weighted by molar-refractivity contribution is 5.73. The Bertz CT molecular complexity index is 437. The predicted octanol–water partition coefficient (Wildman–Crippen LogP) is 2.29. The van der Waals surface area contributed by atoms with Crippen molar-refractivity contribution >= 4 is 5.97 Å². The molecule has 2 atom stereocenters. The average molecular weight is 234 g/mol. The smallest absolute Gasteiger partial charge is 0.333 e. The highest BCUT2D eigenvalue weighted by atomic mass is 16.4. The predicted molar refractivity (Wildman–Crippen MR) is 65.1 cm³/mol. The van der Waals surface area contributed by atoms with Gasteiger partial charge in [0, 0.05) is 5.92 Å². The topological polar surface area (TPSA) is 57.5 Å². The summed E-state index contributed by atoms with van der Waals surface area (Å²) in [6, 6.07) is 7.85. The first kappa shape index (κ1) is 12.1. The Kier molecular flexibility index (Phi) is 2.96. The molecule has 3 heteroatoms. The van der Waals surface area contributed by atoms with Gasteiger partial charge in [-0.1, -0.05) is 38.1 Å². The third-order valence-electron chi connectivity index (χ3n) is 3.80. The van der Waals surface area contributed by atoms with Crippen LogP contribution in [-0.2, 0) is 10.2 Å². The van der Waals surface area contributed by atoms with E-state index in [-0.39, 0.29) is 11.3 Å². The van der Waals surface area contributed by atoms with Crippen molar-refractivity contribution in [2.45, 2.75) is 44.1 Å². The monoisotopic (exact) mass is 234 g/mol. The zero-order chi connectivity index (χ0) is 12.6. The normalized spacial score (nSPS) is 23.8. The van der Waals surface area contributed by atoms with Crippen molar-refractivity contribution in [3.05, 3.63) is 35.4 Å². The van der Waals surface area contributed by atoms with Gasteiger partial charge in [0.1, 0.15) is 0 Å². The number of rotatable bonds is 2. The maximum Gasteiger partial charge on any atom is 0.333 e. The van der Waals surface area contributed by atoms with Crippen LogP contribution in [0.1, 0.15) is 43.7 Å². The van der Waals surface area contributed by atoms with Crippen molar-refractivity contribution in [2.75, 3.05) is 0 Å². The minimum Gasteiger partial charge on any atom is -0.479 e. The molecular formula is C14H18O3. The molecule has 0 radical (unpaired) electrons. The number of fused-ring (bicyclic) bond motifs is 1. The van der Waals surface area contributed by atoms with Gasteiger partial charge in [-0.15, -0.1) is 0 Å². The molecule has 1 aliphatic rings. The molecule has 0 saturated carbocycles. The van der Waals surface area contributed by atoms with Crippen LogP contribution in [0.3, 0.4) is 0 Å². The molecule has 0 aliphatic heterocycles. The molecule has 2 N–H and O–H groups in total. The summed E-state index contributed by atoms with van der Waals surface area (Å²) >= 11 is 0.